The molecule has 0 atom stereocenters. The molecule has 1 rings (SSSR count). The number of benzene rings is 1. The summed E-state index contributed by atoms with van der Waals surface area (Å²) in [4.78, 5) is 5.29. The van der Waals surface area contributed by atoms with Gasteiger partial charge in [0.15, 0.2) is 5.75 Å². The van der Waals surface area contributed by atoms with E-state index in [9.17, 15) is 5.11 Å². The van der Waals surface area contributed by atoms with Gasteiger partial charge in [-0.05, 0) is 38.5 Å². The lowest BCUT2D eigenvalue weighted by Gasteiger charge is -2.10. The number of phenolic OH excluding ortho intramolecular Hbond substituents is 1. The number of hydrogen-bond donors (Lipinski definition) is 1. The van der Waals surface area contributed by atoms with Crippen molar-refractivity contribution in [3.05, 3.63) is 22.2 Å². The number of ether oxygens (including phenoxy) is 1. The Balaban J connectivity index is 2.15. The van der Waals surface area contributed by atoms with Crippen molar-refractivity contribution in [2.75, 3.05) is 13.2 Å². The van der Waals surface area contributed by atoms with Crippen molar-refractivity contribution in [1.82, 2.24) is 0 Å². The number of hydrogen-bond acceptors (Lipinski definition) is 4. The van der Waals surface area contributed by atoms with Crippen molar-refractivity contribution in [3.63, 3.8) is 0 Å². The van der Waals surface area contributed by atoms with Gasteiger partial charge >= 0.3 is 0 Å². The first-order chi connectivity index (χ1) is 10.9. The lowest BCUT2D eigenvalue weighted by molar-refractivity contribution is 0.137. The van der Waals surface area contributed by atoms with Crippen LogP contribution in [-0.4, -0.2) is 24.0 Å². The van der Waals surface area contributed by atoms with Crippen LogP contribution in [0.2, 0.25) is 10.0 Å². The van der Waals surface area contributed by atoms with Crippen molar-refractivity contribution in [2.45, 2.75) is 46.5 Å². The Labute approximate surface area is 148 Å². The van der Waals surface area contributed by atoms with Crippen LogP contribution in [-0.2, 0) is 4.84 Å². The van der Waals surface area contributed by atoms with Gasteiger partial charge in [-0.25, -0.2) is 0 Å². The summed E-state index contributed by atoms with van der Waals surface area (Å²) < 4.78 is 5.57. The van der Waals surface area contributed by atoms with E-state index < -0.39 is 0 Å². The summed E-state index contributed by atoms with van der Waals surface area (Å²) in [5.41, 5.74) is 1.03. The largest absolute Gasteiger partial charge is 0.508 e. The second kappa shape index (κ2) is 10.6. The van der Waals surface area contributed by atoms with Gasteiger partial charge in [-0.15, -0.1) is 0 Å². The minimum absolute atomic E-state index is 0.0258. The third kappa shape index (κ3) is 8.33. The zero-order valence-electron chi connectivity index (χ0n) is 13.9. The van der Waals surface area contributed by atoms with E-state index in [1.807, 2.05) is 6.92 Å². The van der Waals surface area contributed by atoms with Crippen LogP contribution in [0.3, 0.4) is 0 Å². The zero-order valence-corrected chi connectivity index (χ0v) is 15.5. The summed E-state index contributed by atoms with van der Waals surface area (Å²) in [6, 6.07) is 2.82. The maximum absolute atomic E-state index is 9.35. The molecule has 0 aliphatic rings. The average Bonchev–Trinajstić information content (AvgIpc) is 2.43. The van der Waals surface area contributed by atoms with Crippen molar-refractivity contribution in [1.29, 1.82) is 0 Å². The summed E-state index contributed by atoms with van der Waals surface area (Å²) in [5, 5.41) is 14.1. The number of halogens is 2. The maximum atomic E-state index is 9.35. The second-order valence-electron chi connectivity index (χ2n) is 5.91. The SMILES string of the molecule is C/C(CC(C)C)=N\OCCCCCOc1c(Cl)cc(O)cc1Cl. The predicted molar refractivity (Wildman–Crippen MR) is 96.0 cm³/mol. The van der Waals surface area contributed by atoms with Crippen molar-refractivity contribution in [2.24, 2.45) is 11.1 Å². The molecule has 0 fully saturated rings. The van der Waals surface area contributed by atoms with Crippen LogP contribution in [0, 0.1) is 5.92 Å². The summed E-state index contributed by atoms with van der Waals surface area (Å²) in [5.74, 6) is 1.03. The number of rotatable bonds is 10. The van der Waals surface area contributed by atoms with Gasteiger partial charge in [0.2, 0.25) is 0 Å². The van der Waals surface area contributed by atoms with Crippen molar-refractivity contribution < 1.29 is 14.7 Å². The highest BCUT2D eigenvalue weighted by atomic mass is 35.5. The quantitative estimate of drug-likeness (QED) is 0.331. The smallest absolute Gasteiger partial charge is 0.156 e. The molecule has 0 amide bonds. The Bertz CT molecular complexity index is 496. The number of phenols is 1. The van der Waals surface area contributed by atoms with Gasteiger partial charge in [0.05, 0.1) is 22.4 Å². The summed E-state index contributed by atoms with van der Waals surface area (Å²) in [6.45, 7) is 7.42. The molecule has 1 aromatic rings. The second-order valence-corrected chi connectivity index (χ2v) is 6.72. The normalized spacial score (nSPS) is 11.8. The Morgan fingerprint density at radius 1 is 1.13 bits per heavy atom. The van der Waals surface area contributed by atoms with Crippen LogP contribution in [0.4, 0.5) is 0 Å². The fourth-order valence-corrected chi connectivity index (χ4v) is 2.67. The fraction of sp³-hybridized carbons (Fsp3) is 0.588. The third-order valence-electron chi connectivity index (χ3n) is 3.03. The van der Waals surface area contributed by atoms with Crippen LogP contribution in [0.15, 0.2) is 17.3 Å². The van der Waals surface area contributed by atoms with Crippen LogP contribution < -0.4 is 4.74 Å². The molecule has 0 aliphatic heterocycles. The molecule has 23 heavy (non-hydrogen) atoms. The van der Waals surface area contributed by atoms with E-state index in [0.717, 1.165) is 31.4 Å². The molecule has 6 heteroatoms. The molecule has 1 N–H and O–H groups in total. The predicted octanol–water partition coefficient (Wildman–Crippen LogP) is 5.69. The molecular formula is C17H25Cl2NO3. The summed E-state index contributed by atoms with van der Waals surface area (Å²) >= 11 is 12.0. The molecule has 0 unspecified atom stereocenters. The molecular weight excluding hydrogens is 337 g/mol. The number of nitrogens with zero attached hydrogens (tertiary/aromatic N) is 1. The van der Waals surface area contributed by atoms with Gasteiger partial charge in [0, 0.05) is 12.1 Å². The van der Waals surface area contributed by atoms with E-state index in [-0.39, 0.29) is 5.75 Å². The molecule has 0 aliphatic carbocycles. The van der Waals surface area contributed by atoms with E-state index in [2.05, 4.69) is 19.0 Å². The molecule has 0 bridgehead atoms. The zero-order chi connectivity index (χ0) is 17.2. The standard InChI is InChI=1S/C17H25Cl2NO3/c1-12(2)9-13(3)20-23-8-6-4-5-7-22-17-15(18)10-14(21)11-16(17)19/h10-12,21H,4-9H2,1-3H3/b20-13+. The van der Waals surface area contributed by atoms with Crippen LogP contribution >= 0.6 is 23.2 Å². The highest BCUT2D eigenvalue weighted by Gasteiger charge is 2.09. The van der Waals surface area contributed by atoms with Crippen LogP contribution in [0.5, 0.6) is 11.5 Å². The molecule has 4 nitrogen and oxygen atoms in total. The third-order valence-corrected chi connectivity index (χ3v) is 3.59. The molecule has 0 saturated carbocycles. The van der Waals surface area contributed by atoms with Gasteiger partial charge in [-0.3, -0.25) is 0 Å². The van der Waals surface area contributed by atoms with Crippen molar-refractivity contribution in [3.8, 4) is 11.5 Å². The van der Waals surface area contributed by atoms with E-state index in [0.29, 0.717) is 34.9 Å². The van der Waals surface area contributed by atoms with Gasteiger partial charge in [0.25, 0.3) is 0 Å². The molecule has 0 saturated heterocycles. The topological polar surface area (TPSA) is 51.0 Å². The monoisotopic (exact) mass is 361 g/mol. The lowest BCUT2D eigenvalue weighted by Crippen LogP contribution is -2.01. The van der Waals surface area contributed by atoms with Gasteiger partial charge in [0.1, 0.15) is 12.4 Å². The average molecular weight is 362 g/mol. The first-order valence-corrected chi connectivity index (χ1v) is 8.62. The van der Waals surface area contributed by atoms with E-state index in [1.54, 1.807) is 0 Å². The minimum Gasteiger partial charge on any atom is -0.508 e. The van der Waals surface area contributed by atoms with Crippen LogP contribution in [0.25, 0.3) is 0 Å². The first kappa shape index (κ1) is 19.9. The molecule has 0 spiro atoms. The van der Waals surface area contributed by atoms with Gasteiger partial charge in [-0.2, -0.15) is 0 Å². The van der Waals surface area contributed by atoms with Crippen molar-refractivity contribution >= 4 is 28.9 Å². The highest BCUT2D eigenvalue weighted by Crippen LogP contribution is 2.36. The van der Waals surface area contributed by atoms with Gasteiger partial charge in [-0.1, -0.05) is 42.2 Å². The summed E-state index contributed by atoms with van der Waals surface area (Å²) in [6.07, 6.45) is 3.71. The summed E-state index contributed by atoms with van der Waals surface area (Å²) in [7, 11) is 0. The number of aromatic hydroxyl groups is 1. The first-order valence-electron chi connectivity index (χ1n) is 7.86. The molecule has 0 heterocycles. The van der Waals surface area contributed by atoms with E-state index in [4.69, 9.17) is 32.8 Å². The van der Waals surface area contributed by atoms with E-state index in [1.165, 1.54) is 12.1 Å². The minimum atomic E-state index is 0.0258. The Kier molecular flexibility index (Phi) is 9.19. The maximum Gasteiger partial charge on any atom is 0.156 e. The molecule has 1 aromatic carbocycles. The molecule has 0 aromatic heterocycles. The number of oxime groups is 1. The van der Waals surface area contributed by atoms with E-state index >= 15 is 0 Å². The fourth-order valence-electron chi connectivity index (χ4n) is 2.09. The Hall–Kier alpha value is -1.13. The molecule has 130 valence electrons. The Morgan fingerprint density at radius 3 is 2.35 bits per heavy atom. The number of unbranched alkanes of at least 4 members (excludes halogenated alkanes) is 2. The Morgan fingerprint density at radius 2 is 1.74 bits per heavy atom. The van der Waals surface area contributed by atoms with Crippen LogP contribution in [0.1, 0.15) is 46.5 Å². The van der Waals surface area contributed by atoms with Gasteiger partial charge < -0.3 is 14.7 Å². The lowest BCUT2D eigenvalue weighted by atomic mass is 10.1. The molecule has 0 radical (unpaired) electrons. The highest BCUT2D eigenvalue weighted by molar-refractivity contribution is 6.37.